The molecule has 1 heterocycles. The Labute approximate surface area is 121 Å². The van der Waals surface area contributed by atoms with Gasteiger partial charge in [-0.1, -0.05) is 0 Å². The molecule has 2 unspecified atom stereocenters. The van der Waals surface area contributed by atoms with Crippen LogP contribution < -0.4 is 5.32 Å². The second-order valence-electron chi connectivity index (χ2n) is 4.97. The number of nitrogens with one attached hydrogen (secondary N) is 1. The van der Waals surface area contributed by atoms with Crippen LogP contribution in [0, 0.1) is 24.0 Å². The fraction of sp³-hybridized carbons (Fsp3) is 0.615. The third-order valence-corrected chi connectivity index (χ3v) is 4.03. The molecule has 0 aromatic carbocycles. The first kappa shape index (κ1) is 16.7. The minimum absolute atomic E-state index is 0.138. The Morgan fingerprint density at radius 3 is 2.70 bits per heavy atom. The number of aryl methyl sites for hydroxylation is 1. The van der Waals surface area contributed by atoms with Crippen molar-refractivity contribution in [3.05, 3.63) is 33.1 Å². The topological polar surface area (TPSA) is 85.1 Å². The average Bonchev–Trinajstić information content (AvgIpc) is 2.35. The largest absolute Gasteiger partial charge is 0.309 e. The number of nitro groups is 1. The van der Waals surface area contributed by atoms with Crippen LogP contribution in [0.2, 0.25) is 0 Å². The average molecular weight is 299 g/mol. The highest BCUT2D eigenvalue weighted by molar-refractivity contribution is 7.84. The van der Waals surface area contributed by atoms with Crippen molar-refractivity contribution in [2.24, 2.45) is 0 Å². The van der Waals surface area contributed by atoms with Gasteiger partial charge in [0.25, 0.3) is 5.69 Å². The molecular weight excluding hydrogens is 278 g/mol. The molecule has 0 aliphatic carbocycles. The molecule has 1 aromatic heterocycles. The molecule has 1 rings (SSSR count). The zero-order chi connectivity index (χ0) is 15.3. The minimum Gasteiger partial charge on any atom is -0.309 e. The predicted molar refractivity (Wildman–Crippen MR) is 80.2 cm³/mol. The Kier molecular flexibility index (Phi) is 6.22. The molecule has 0 amide bonds. The molecular formula is C13H21N3O3S. The Morgan fingerprint density at radius 1 is 1.50 bits per heavy atom. The van der Waals surface area contributed by atoms with Crippen molar-refractivity contribution >= 4 is 16.5 Å². The summed E-state index contributed by atoms with van der Waals surface area (Å²) in [6, 6.07) is 0.195. The lowest BCUT2D eigenvalue weighted by atomic mass is 10.1. The molecule has 0 fully saturated rings. The fourth-order valence-corrected chi connectivity index (χ4v) is 2.63. The Hall–Kier alpha value is -1.34. The van der Waals surface area contributed by atoms with Crippen molar-refractivity contribution in [3.63, 3.8) is 0 Å². The highest BCUT2D eigenvalue weighted by Crippen LogP contribution is 2.23. The third kappa shape index (κ3) is 4.64. The van der Waals surface area contributed by atoms with Gasteiger partial charge in [0.15, 0.2) is 0 Å². The molecule has 0 saturated carbocycles. The number of nitrogens with zero attached hydrogens (tertiary/aromatic N) is 2. The van der Waals surface area contributed by atoms with Gasteiger partial charge >= 0.3 is 0 Å². The molecule has 1 aromatic rings. The van der Waals surface area contributed by atoms with Crippen molar-refractivity contribution in [2.45, 2.75) is 39.8 Å². The summed E-state index contributed by atoms with van der Waals surface area (Å²) in [7, 11) is -0.796. The van der Waals surface area contributed by atoms with Crippen molar-refractivity contribution < 1.29 is 9.13 Å². The van der Waals surface area contributed by atoms with Gasteiger partial charge < -0.3 is 5.32 Å². The second-order valence-corrected chi connectivity index (χ2v) is 6.52. The van der Waals surface area contributed by atoms with Crippen molar-refractivity contribution in [3.8, 4) is 0 Å². The molecule has 6 nitrogen and oxygen atoms in total. The zero-order valence-corrected chi connectivity index (χ0v) is 13.1. The first-order chi connectivity index (χ1) is 9.32. The second kappa shape index (κ2) is 7.44. The molecule has 0 saturated heterocycles. The summed E-state index contributed by atoms with van der Waals surface area (Å²) in [6.07, 6.45) is 4.02. The summed E-state index contributed by atoms with van der Waals surface area (Å²) in [5.74, 6) is 0.647. The predicted octanol–water partition coefficient (Wildman–Crippen LogP) is 1.85. The Bertz CT molecular complexity index is 520. The van der Waals surface area contributed by atoms with Gasteiger partial charge in [-0.2, -0.15) is 0 Å². The van der Waals surface area contributed by atoms with Crippen LogP contribution in [-0.4, -0.2) is 32.2 Å². The number of aromatic nitrogens is 1. The van der Waals surface area contributed by atoms with E-state index in [0.717, 1.165) is 6.42 Å². The Morgan fingerprint density at radius 2 is 2.15 bits per heavy atom. The van der Waals surface area contributed by atoms with Crippen molar-refractivity contribution in [2.75, 3.05) is 12.0 Å². The Balaban J connectivity index is 2.72. The zero-order valence-electron chi connectivity index (χ0n) is 12.3. The van der Waals surface area contributed by atoms with E-state index in [1.807, 2.05) is 6.92 Å². The highest BCUT2D eigenvalue weighted by Gasteiger charge is 2.18. The van der Waals surface area contributed by atoms with Gasteiger partial charge in [0.1, 0.15) is 0 Å². The first-order valence-electron chi connectivity index (χ1n) is 6.45. The van der Waals surface area contributed by atoms with E-state index in [4.69, 9.17) is 0 Å². The van der Waals surface area contributed by atoms with Crippen LogP contribution in [0.5, 0.6) is 0 Å². The summed E-state index contributed by atoms with van der Waals surface area (Å²) >= 11 is 0. The first-order valence-corrected chi connectivity index (χ1v) is 8.18. The molecule has 0 bridgehead atoms. The molecule has 0 radical (unpaired) electrons. The smallest absolute Gasteiger partial charge is 0.278 e. The lowest BCUT2D eigenvalue weighted by Crippen LogP contribution is -2.27. The SMILES string of the molecule is Cc1cnc(CNC(C)CCS(C)=O)c(C)c1[N+](=O)[O-]. The van der Waals surface area contributed by atoms with Gasteiger partial charge in [-0.3, -0.25) is 19.3 Å². The van der Waals surface area contributed by atoms with Gasteiger partial charge in [-0.05, 0) is 27.2 Å². The molecule has 0 aliphatic rings. The fourth-order valence-electron chi connectivity index (χ4n) is 1.94. The van der Waals surface area contributed by atoms with Gasteiger partial charge in [0.2, 0.25) is 0 Å². The standard InChI is InChI=1S/C13H21N3O3S/c1-9-7-15-12(11(3)13(9)16(17)18)8-14-10(2)5-6-20(4)19/h7,10,14H,5-6,8H2,1-4H3. The number of rotatable bonds is 7. The van der Waals surface area contributed by atoms with Crippen LogP contribution in [0.1, 0.15) is 30.2 Å². The van der Waals surface area contributed by atoms with Crippen LogP contribution in [0.3, 0.4) is 0 Å². The molecule has 20 heavy (non-hydrogen) atoms. The quantitative estimate of drug-likeness (QED) is 0.613. The lowest BCUT2D eigenvalue weighted by Gasteiger charge is -2.14. The summed E-state index contributed by atoms with van der Waals surface area (Å²) in [5.41, 5.74) is 2.00. The van der Waals surface area contributed by atoms with Crippen LogP contribution in [0.15, 0.2) is 6.20 Å². The van der Waals surface area contributed by atoms with Crippen LogP contribution in [0.4, 0.5) is 5.69 Å². The van der Waals surface area contributed by atoms with Crippen LogP contribution in [-0.2, 0) is 17.3 Å². The van der Waals surface area contributed by atoms with Crippen LogP contribution in [0.25, 0.3) is 0 Å². The van der Waals surface area contributed by atoms with Crippen molar-refractivity contribution in [1.29, 1.82) is 0 Å². The molecule has 0 aliphatic heterocycles. The van der Waals surface area contributed by atoms with Gasteiger partial charge in [0, 0.05) is 52.7 Å². The maximum atomic E-state index is 11.0. The lowest BCUT2D eigenvalue weighted by molar-refractivity contribution is -0.386. The highest BCUT2D eigenvalue weighted by atomic mass is 32.2. The van der Waals surface area contributed by atoms with Crippen molar-refractivity contribution in [1.82, 2.24) is 10.3 Å². The molecule has 1 N–H and O–H groups in total. The summed E-state index contributed by atoms with van der Waals surface area (Å²) in [4.78, 5) is 14.9. The number of hydrogen-bond acceptors (Lipinski definition) is 5. The summed E-state index contributed by atoms with van der Waals surface area (Å²) < 4.78 is 11.0. The maximum Gasteiger partial charge on any atom is 0.278 e. The molecule has 2 atom stereocenters. The van der Waals surface area contributed by atoms with E-state index in [1.54, 1.807) is 20.1 Å². The molecule has 0 spiro atoms. The van der Waals surface area contributed by atoms with E-state index in [0.29, 0.717) is 29.1 Å². The van der Waals surface area contributed by atoms with E-state index in [-0.39, 0.29) is 16.7 Å². The minimum atomic E-state index is -0.796. The molecule has 112 valence electrons. The van der Waals surface area contributed by atoms with E-state index >= 15 is 0 Å². The van der Waals surface area contributed by atoms with E-state index in [2.05, 4.69) is 10.3 Å². The summed E-state index contributed by atoms with van der Waals surface area (Å²) in [6.45, 7) is 5.89. The number of pyridine rings is 1. The number of hydrogen-bond donors (Lipinski definition) is 1. The van der Waals surface area contributed by atoms with Gasteiger partial charge in [0.05, 0.1) is 10.6 Å². The normalized spacial score (nSPS) is 14.0. The van der Waals surface area contributed by atoms with Crippen LogP contribution >= 0.6 is 0 Å². The monoisotopic (exact) mass is 299 g/mol. The van der Waals surface area contributed by atoms with E-state index in [9.17, 15) is 14.3 Å². The third-order valence-electron chi connectivity index (χ3n) is 3.21. The van der Waals surface area contributed by atoms with Gasteiger partial charge in [-0.15, -0.1) is 0 Å². The maximum absolute atomic E-state index is 11.0. The van der Waals surface area contributed by atoms with Gasteiger partial charge in [-0.25, -0.2) is 0 Å². The van der Waals surface area contributed by atoms with E-state index in [1.165, 1.54) is 6.20 Å². The summed E-state index contributed by atoms with van der Waals surface area (Å²) in [5, 5.41) is 14.3. The van der Waals surface area contributed by atoms with E-state index < -0.39 is 10.8 Å². The molecule has 7 heteroatoms.